The molecular weight excluding hydrogens is 326 g/mol. The standard InChI is InChI=1S/C19H24ClNO3/c1-19(5-6-19)18(23)21-10-12-7-16(22)17(8-13(12)11-21)24-15-4-2-3-14(20)9-15/h2-4,9,12-13,16-17,22H,5-8,10-11H2,1H3/t12-,13+,16+,17+/m0/s1. The van der Waals surface area contributed by atoms with Gasteiger partial charge in [-0.3, -0.25) is 4.79 Å². The van der Waals surface area contributed by atoms with E-state index in [0.717, 1.165) is 32.4 Å². The minimum atomic E-state index is -0.489. The zero-order valence-electron chi connectivity index (χ0n) is 14.0. The highest BCUT2D eigenvalue weighted by Crippen LogP contribution is 2.48. The molecule has 1 N–H and O–H groups in total. The minimum Gasteiger partial charge on any atom is -0.488 e. The topological polar surface area (TPSA) is 49.8 Å². The monoisotopic (exact) mass is 349 g/mol. The number of halogens is 1. The second kappa shape index (κ2) is 5.92. The number of ether oxygens (including phenoxy) is 1. The minimum absolute atomic E-state index is 0.108. The van der Waals surface area contributed by atoms with Gasteiger partial charge in [-0.1, -0.05) is 24.6 Å². The van der Waals surface area contributed by atoms with Crippen molar-refractivity contribution >= 4 is 17.5 Å². The average molecular weight is 350 g/mol. The van der Waals surface area contributed by atoms with Crippen LogP contribution in [0.1, 0.15) is 32.6 Å². The second-order valence-electron chi connectivity index (χ2n) is 7.94. The van der Waals surface area contributed by atoms with E-state index in [1.54, 1.807) is 12.1 Å². The van der Waals surface area contributed by atoms with Crippen molar-refractivity contribution in [3.63, 3.8) is 0 Å². The second-order valence-corrected chi connectivity index (χ2v) is 8.38. The number of hydrogen-bond acceptors (Lipinski definition) is 3. The number of carbonyl (C=O) groups is 1. The molecule has 1 aromatic carbocycles. The largest absolute Gasteiger partial charge is 0.488 e. The van der Waals surface area contributed by atoms with E-state index >= 15 is 0 Å². The Hall–Kier alpha value is -1.26. The van der Waals surface area contributed by atoms with Crippen LogP contribution in [0.3, 0.4) is 0 Å². The van der Waals surface area contributed by atoms with Crippen LogP contribution >= 0.6 is 11.6 Å². The lowest BCUT2D eigenvalue weighted by atomic mass is 9.78. The van der Waals surface area contributed by atoms with Crippen molar-refractivity contribution < 1.29 is 14.6 Å². The highest BCUT2D eigenvalue weighted by molar-refractivity contribution is 6.30. The summed E-state index contributed by atoms with van der Waals surface area (Å²) in [4.78, 5) is 14.6. The van der Waals surface area contributed by atoms with Crippen molar-refractivity contribution in [3.8, 4) is 5.75 Å². The number of hydrogen-bond donors (Lipinski definition) is 1. The van der Waals surface area contributed by atoms with Crippen LogP contribution in [0.4, 0.5) is 0 Å². The predicted molar refractivity (Wildman–Crippen MR) is 92.0 cm³/mol. The maximum atomic E-state index is 12.6. The van der Waals surface area contributed by atoms with Gasteiger partial charge in [-0.25, -0.2) is 0 Å². The Morgan fingerprint density at radius 1 is 1.29 bits per heavy atom. The van der Waals surface area contributed by atoms with E-state index in [-0.39, 0.29) is 11.5 Å². The summed E-state index contributed by atoms with van der Waals surface area (Å²) in [5.41, 5.74) is -0.108. The summed E-state index contributed by atoms with van der Waals surface area (Å²) < 4.78 is 5.99. The summed E-state index contributed by atoms with van der Waals surface area (Å²) in [6.07, 6.45) is 2.81. The van der Waals surface area contributed by atoms with Crippen LogP contribution in [-0.2, 0) is 4.79 Å². The number of amides is 1. The Bertz CT molecular complexity index is 645. The summed E-state index contributed by atoms with van der Waals surface area (Å²) in [6, 6.07) is 7.30. The molecule has 2 aliphatic carbocycles. The first-order chi connectivity index (χ1) is 11.4. The van der Waals surface area contributed by atoms with E-state index in [2.05, 4.69) is 6.92 Å². The van der Waals surface area contributed by atoms with E-state index < -0.39 is 6.10 Å². The Labute approximate surface area is 147 Å². The van der Waals surface area contributed by atoms with Gasteiger partial charge in [0.2, 0.25) is 5.91 Å². The molecule has 0 bridgehead atoms. The maximum absolute atomic E-state index is 12.6. The van der Waals surface area contributed by atoms with Crippen molar-refractivity contribution in [3.05, 3.63) is 29.3 Å². The lowest BCUT2D eigenvalue weighted by Gasteiger charge is -2.35. The summed E-state index contributed by atoms with van der Waals surface area (Å²) >= 11 is 6.00. The van der Waals surface area contributed by atoms with Gasteiger partial charge in [0.15, 0.2) is 0 Å². The van der Waals surface area contributed by atoms with Crippen molar-refractivity contribution in [1.82, 2.24) is 4.90 Å². The predicted octanol–water partition coefficient (Wildman–Crippen LogP) is 3.12. The van der Waals surface area contributed by atoms with Gasteiger partial charge in [0.05, 0.1) is 6.10 Å². The highest BCUT2D eigenvalue weighted by atomic mass is 35.5. The van der Waals surface area contributed by atoms with Gasteiger partial charge in [-0.2, -0.15) is 0 Å². The van der Waals surface area contributed by atoms with E-state index in [1.165, 1.54) is 0 Å². The van der Waals surface area contributed by atoms with Gasteiger partial charge in [0.25, 0.3) is 0 Å². The molecule has 130 valence electrons. The van der Waals surface area contributed by atoms with Crippen LogP contribution in [0.25, 0.3) is 0 Å². The third-order valence-electron chi connectivity index (χ3n) is 5.97. The Morgan fingerprint density at radius 3 is 2.67 bits per heavy atom. The lowest BCUT2D eigenvalue weighted by molar-refractivity contribution is -0.135. The van der Waals surface area contributed by atoms with Crippen molar-refractivity contribution in [2.24, 2.45) is 17.3 Å². The maximum Gasteiger partial charge on any atom is 0.228 e. The molecule has 0 unspecified atom stereocenters. The highest BCUT2D eigenvalue weighted by Gasteiger charge is 2.51. The van der Waals surface area contributed by atoms with Gasteiger partial charge in [0.1, 0.15) is 11.9 Å². The van der Waals surface area contributed by atoms with Crippen LogP contribution in [0.2, 0.25) is 5.02 Å². The molecule has 0 spiro atoms. The van der Waals surface area contributed by atoms with Crippen LogP contribution in [0.15, 0.2) is 24.3 Å². The summed E-state index contributed by atoms with van der Waals surface area (Å²) in [7, 11) is 0. The van der Waals surface area contributed by atoms with Gasteiger partial charge in [0, 0.05) is 23.5 Å². The first-order valence-corrected chi connectivity index (χ1v) is 9.22. The van der Waals surface area contributed by atoms with E-state index in [4.69, 9.17) is 16.3 Å². The zero-order valence-corrected chi connectivity index (χ0v) is 14.7. The molecule has 1 heterocycles. The van der Waals surface area contributed by atoms with Crippen LogP contribution in [-0.4, -0.2) is 41.2 Å². The SMILES string of the molecule is CC1(C(=O)N2C[C@H]3C[C@@H](Oc4cccc(Cl)c4)[C@H](O)C[C@H]3C2)CC1. The molecule has 1 aromatic rings. The molecule has 24 heavy (non-hydrogen) atoms. The van der Waals surface area contributed by atoms with Crippen molar-refractivity contribution in [2.75, 3.05) is 13.1 Å². The smallest absolute Gasteiger partial charge is 0.228 e. The fraction of sp³-hybridized carbons (Fsp3) is 0.632. The number of aliphatic hydroxyl groups is 1. The zero-order chi connectivity index (χ0) is 16.9. The molecule has 1 amide bonds. The molecule has 1 saturated heterocycles. The number of likely N-dealkylation sites (tertiary alicyclic amines) is 1. The number of fused-ring (bicyclic) bond motifs is 1. The van der Waals surface area contributed by atoms with Crippen LogP contribution < -0.4 is 4.74 Å². The van der Waals surface area contributed by atoms with Crippen molar-refractivity contribution in [2.45, 2.75) is 44.8 Å². The van der Waals surface area contributed by atoms with Gasteiger partial charge >= 0.3 is 0 Å². The summed E-state index contributed by atoms with van der Waals surface area (Å²) in [6.45, 7) is 3.67. The molecule has 3 aliphatic rings. The molecule has 4 rings (SSSR count). The third-order valence-corrected chi connectivity index (χ3v) is 6.21. The van der Waals surface area contributed by atoms with Crippen molar-refractivity contribution in [1.29, 1.82) is 0 Å². The van der Waals surface area contributed by atoms with Gasteiger partial charge < -0.3 is 14.7 Å². The molecule has 0 radical (unpaired) electrons. The Morgan fingerprint density at radius 2 is 2.00 bits per heavy atom. The molecular formula is C19H24ClNO3. The molecule has 0 aromatic heterocycles. The normalized spacial score (nSPS) is 33.9. The number of carbonyl (C=O) groups excluding carboxylic acids is 1. The first-order valence-electron chi connectivity index (χ1n) is 8.84. The third kappa shape index (κ3) is 3.02. The molecule has 5 heteroatoms. The van der Waals surface area contributed by atoms with Gasteiger partial charge in [-0.05, 0) is 55.7 Å². The molecule has 4 atom stereocenters. The Balaban J connectivity index is 1.41. The van der Waals surface area contributed by atoms with Crippen LogP contribution in [0, 0.1) is 17.3 Å². The summed E-state index contributed by atoms with van der Waals surface area (Å²) in [5.74, 6) is 1.81. The molecule has 1 aliphatic heterocycles. The lowest BCUT2D eigenvalue weighted by Crippen LogP contribution is -2.42. The summed E-state index contributed by atoms with van der Waals surface area (Å²) in [5, 5.41) is 11.1. The number of rotatable bonds is 3. The quantitative estimate of drug-likeness (QED) is 0.912. The van der Waals surface area contributed by atoms with Crippen LogP contribution in [0.5, 0.6) is 5.75 Å². The Kier molecular flexibility index (Phi) is 4.00. The number of aliphatic hydroxyl groups excluding tert-OH is 1. The molecule has 4 nitrogen and oxygen atoms in total. The number of benzene rings is 1. The fourth-order valence-corrected chi connectivity index (χ4v) is 4.36. The number of nitrogens with zero attached hydrogens (tertiary/aromatic N) is 1. The fourth-order valence-electron chi connectivity index (χ4n) is 4.18. The van der Waals surface area contributed by atoms with Gasteiger partial charge in [-0.15, -0.1) is 0 Å². The van der Waals surface area contributed by atoms with E-state index in [1.807, 2.05) is 17.0 Å². The molecule has 2 saturated carbocycles. The first kappa shape index (κ1) is 16.2. The van der Waals surface area contributed by atoms with E-state index in [9.17, 15) is 9.90 Å². The average Bonchev–Trinajstić information content (AvgIpc) is 3.16. The molecule has 3 fully saturated rings. The van der Waals surface area contributed by atoms with E-state index in [0.29, 0.717) is 34.9 Å².